The van der Waals surface area contributed by atoms with Gasteiger partial charge in [0.2, 0.25) is 0 Å². The average Bonchev–Trinajstić information content (AvgIpc) is 2.34. The topological polar surface area (TPSA) is 92.5 Å². The number of aliphatic hydroxyl groups excluding tert-OH is 1. The SMILES string of the molecule is CC(O)CC(C)(C)CNC(=O)c1ccc([N+](=O)[O-])cc1. The van der Waals surface area contributed by atoms with E-state index in [0.29, 0.717) is 18.5 Å². The Hall–Kier alpha value is -1.95. The lowest BCUT2D eigenvalue weighted by atomic mass is 9.87. The molecular formula is C14H20N2O4. The molecule has 1 amide bonds. The van der Waals surface area contributed by atoms with E-state index in [1.165, 1.54) is 24.3 Å². The van der Waals surface area contributed by atoms with Crippen LogP contribution < -0.4 is 5.32 Å². The van der Waals surface area contributed by atoms with Gasteiger partial charge in [0.05, 0.1) is 11.0 Å². The summed E-state index contributed by atoms with van der Waals surface area (Å²) < 4.78 is 0. The van der Waals surface area contributed by atoms with E-state index in [-0.39, 0.29) is 17.0 Å². The van der Waals surface area contributed by atoms with E-state index in [1.807, 2.05) is 13.8 Å². The lowest BCUT2D eigenvalue weighted by Gasteiger charge is -2.26. The predicted octanol–water partition coefficient (Wildman–Crippen LogP) is 2.12. The summed E-state index contributed by atoms with van der Waals surface area (Å²) in [5, 5.41) is 22.7. The first-order valence-electron chi connectivity index (χ1n) is 6.42. The van der Waals surface area contributed by atoms with Crippen molar-refractivity contribution in [1.82, 2.24) is 5.32 Å². The third-order valence-electron chi connectivity index (χ3n) is 2.92. The molecule has 1 rings (SSSR count). The maximum Gasteiger partial charge on any atom is 0.269 e. The number of aliphatic hydroxyl groups is 1. The van der Waals surface area contributed by atoms with Crippen molar-refractivity contribution >= 4 is 11.6 Å². The number of non-ortho nitro benzene ring substituents is 1. The van der Waals surface area contributed by atoms with Crippen LogP contribution in [-0.4, -0.2) is 28.6 Å². The van der Waals surface area contributed by atoms with E-state index in [1.54, 1.807) is 6.92 Å². The monoisotopic (exact) mass is 280 g/mol. The molecule has 0 fully saturated rings. The van der Waals surface area contributed by atoms with E-state index < -0.39 is 11.0 Å². The van der Waals surface area contributed by atoms with Crippen LogP contribution in [0.5, 0.6) is 0 Å². The van der Waals surface area contributed by atoms with Gasteiger partial charge in [0.25, 0.3) is 11.6 Å². The summed E-state index contributed by atoms with van der Waals surface area (Å²) in [6, 6.07) is 5.45. The zero-order valence-electron chi connectivity index (χ0n) is 11.9. The fourth-order valence-corrected chi connectivity index (χ4v) is 2.03. The fraction of sp³-hybridized carbons (Fsp3) is 0.500. The maximum atomic E-state index is 11.9. The molecule has 1 unspecified atom stereocenters. The number of nitro groups is 1. The Morgan fingerprint density at radius 3 is 2.40 bits per heavy atom. The number of benzene rings is 1. The molecule has 0 heterocycles. The average molecular weight is 280 g/mol. The summed E-state index contributed by atoms with van der Waals surface area (Å²) in [5.41, 5.74) is 0.115. The van der Waals surface area contributed by atoms with Gasteiger partial charge < -0.3 is 10.4 Å². The van der Waals surface area contributed by atoms with E-state index in [4.69, 9.17) is 0 Å². The third kappa shape index (κ3) is 4.97. The van der Waals surface area contributed by atoms with Gasteiger partial charge in [0.15, 0.2) is 0 Å². The molecule has 0 aromatic heterocycles. The second kappa shape index (κ2) is 6.47. The number of hydrogen-bond acceptors (Lipinski definition) is 4. The maximum absolute atomic E-state index is 11.9. The molecule has 1 aromatic rings. The minimum absolute atomic E-state index is 0.0454. The van der Waals surface area contributed by atoms with Gasteiger partial charge >= 0.3 is 0 Å². The van der Waals surface area contributed by atoms with Crippen molar-refractivity contribution in [2.24, 2.45) is 5.41 Å². The highest BCUT2D eigenvalue weighted by atomic mass is 16.6. The van der Waals surface area contributed by atoms with Crippen molar-refractivity contribution < 1.29 is 14.8 Å². The molecular weight excluding hydrogens is 260 g/mol. The quantitative estimate of drug-likeness (QED) is 0.616. The minimum Gasteiger partial charge on any atom is -0.393 e. The first-order valence-corrected chi connectivity index (χ1v) is 6.42. The molecule has 6 heteroatoms. The van der Waals surface area contributed by atoms with Gasteiger partial charge in [-0.3, -0.25) is 14.9 Å². The lowest BCUT2D eigenvalue weighted by molar-refractivity contribution is -0.384. The van der Waals surface area contributed by atoms with Gasteiger partial charge in [0, 0.05) is 24.2 Å². The minimum atomic E-state index is -0.507. The van der Waals surface area contributed by atoms with Crippen LogP contribution in [0.2, 0.25) is 0 Å². The van der Waals surface area contributed by atoms with Crippen molar-refractivity contribution in [3.8, 4) is 0 Å². The summed E-state index contributed by atoms with van der Waals surface area (Å²) in [7, 11) is 0. The molecule has 0 saturated heterocycles. The Balaban J connectivity index is 2.61. The van der Waals surface area contributed by atoms with Crippen molar-refractivity contribution in [2.75, 3.05) is 6.54 Å². The molecule has 110 valence electrons. The van der Waals surface area contributed by atoms with Crippen molar-refractivity contribution in [2.45, 2.75) is 33.3 Å². The van der Waals surface area contributed by atoms with Crippen LogP contribution in [-0.2, 0) is 0 Å². The number of nitrogens with zero attached hydrogens (tertiary/aromatic N) is 1. The summed E-state index contributed by atoms with van der Waals surface area (Å²) >= 11 is 0. The van der Waals surface area contributed by atoms with Gasteiger partial charge in [-0.2, -0.15) is 0 Å². The summed E-state index contributed by atoms with van der Waals surface area (Å²) in [6.07, 6.45) is 0.148. The second-order valence-corrected chi connectivity index (χ2v) is 5.70. The molecule has 2 N–H and O–H groups in total. The van der Waals surface area contributed by atoms with Crippen LogP contribution in [0.15, 0.2) is 24.3 Å². The Kier molecular flexibility index (Phi) is 5.21. The van der Waals surface area contributed by atoms with Crippen molar-refractivity contribution in [3.63, 3.8) is 0 Å². The van der Waals surface area contributed by atoms with Gasteiger partial charge in [-0.25, -0.2) is 0 Å². The third-order valence-corrected chi connectivity index (χ3v) is 2.92. The predicted molar refractivity (Wildman–Crippen MR) is 75.5 cm³/mol. The van der Waals surface area contributed by atoms with Gasteiger partial charge in [-0.15, -0.1) is 0 Å². The number of carbonyl (C=O) groups excluding carboxylic acids is 1. The standard InChI is InChI=1S/C14H20N2O4/c1-10(17)8-14(2,3)9-15-13(18)11-4-6-12(7-5-11)16(19)20/h4-7,10,17H,8-9H2,1-3H3,(H,15,18). The van der Waals surface area contributed by atoms with E-state index in [9.17, 15) is 20.0 Å². The van der Waals surface area contributed by atoms with Crippen LogP contribution in [0, 0.1) is 15.5 Å². The Morgan fingerprint density at radius 2 is 1.95 bits per heavy atom. The first kappa shape index (κ1) is 16.1. The normalized spacial score (nSPS) is 12.8. The Bertz CT molecular complexity index is 480. The van der Waals surface area contributed by atoms with E-state index in [2.05, 4.69) is 5.32 Å². The smallest absolute Gasteiger partial charge is 0.269 e. The van der Waals surface area contributed by atoms with Crippen molar-refractivity contribution in [3.05, 3.63) is 39.9 Å². The highest BCUT2D eigenvalue weighted by Crippen LogP contribution is 2.21. The Morgan fingerprint density at radius 1 is 1.40 bits per heavy atom. The fourth-order valence-electron chi connectivity index (χ4n) is 2.03. The van der Waals surface area contributed by atoms with Crippen LogP contribution in [0.1, 0.15) is 37.6 Å². The molecule has 1 atom stereocenters. The summed E-state index contributed by atoms with van der Waals surface area (Å²) in [5.74, 6) is -0.279. The van der Waals surface area contributed by atoms with Gasteiger partial charge in [0.1, 0.15) is 0 Å². The number of amides is 1. The van der Waals surface area contributed by atoms with E-state index >= 15 is 0 Å². The molecule has 0 aliphatic rings. The van der Waals surface area contributed by atoms with Crippen LogP contribution >= 0.6 is 0 Å². The number of rotatable bonds is 6. The van der Waals surface area contributed by atoms with Gasteiger partial charge in [-0.1, -0.05) is 13.8 Å². The Labute approximate surface area is 118 Å². The number of nitro benzene ring substituents is 1. The number of hydrogen-bond donors (Lipinski definition) is 2. The molecule has 0 bridgehead atoms. The van der Waals surface area contributed by atoms with E-state index in [0.717, 1.165) is 0 Å². The summed E-state index contributed by atoms with van der Waals surface area (Å²) in [4.78, 5) is 21.9. The molecule has 20 heavy (non-hydrogen) atoms. The molecule has 0 radical (unpaired) electrons. The van der Waals surface area contributed by atoms with Crippen LogP contribution in [0.4, 0.5) is 5.69 Å². The number of carbonyl (C=O) groups is 1. The second-order valence-electron chi connectivity index (χ2n) is 5.70. The molecule has 0 saturated carbocycles. The van der Waals surface area contributed by atoms with Crippen LogP contribution in [0.25, 0.3) is 0 Å². The number of nitrogens with one attached hydrogen (secondary N) is 1. The molecule has 0 spiro atoms. The van der Waals surface area contributed by atoms with Crippen molar-refractivity contribution in [1.29, 1.82) is 0 Å². The molecule has 6 nitrogen and oxygen atoms in total. The lowest BCUT2D eigenvalue weighted by Crippen LogP contribution is -2.35. The first-order chi connectivity index (χ1) is 9.21. The summed E-state index contributed by atoms with van der Waals surface area (Å²) in [6.45, 7) is 6.04. The zero-order chi connectivity index (χ0) is 15.3. The molecule has 1 aromatic carbocycles. The van der Waals surface area contributed by atoms with Gasteiger partial charge in [-0.05, 0) is 30.9 Å². The molecule has 0 aliphatic heterocycles. The molecule has 0 aliphatic carbocycles. The largest absolute Gasteiger partial charge is 0.393 e. The highest BCUT2D eigenvalue weighted by molar-refractivity contribution is 5.94. The van der Waals surface area contributed by atoms with Crippen LogP contribution in [0.3, 0.4) is 0 Å². The zero-order valence-corrected chi connectivity index (χ0v) is 11.9. The highest BCUT2D eigenvalue weighted by Gasteiger charge is 2.21.